The van der Waals surface area contributed by atoms with Crippen molar-refractivity contribution >= 4 is 17.2 Å². The van der Waals surface area contributed by atoms with Crippen molar-refractivity contribution < 1.29 is 0 Å². The number of dihydropyridines is 1. The average Bonchev–Trinajstić information content (AvgIpc) is 2.87. The molecule has 0 saturated carbocycles. The number of nitrogens with one attached hydrogen (secondary N) is 1. The van der Waals surface area contributed by atoms with Crippen LogP contribution in [0.5, 0.6) is 0 Å². The summed E-state index contributed by atoms with van der Waals surface area (Å²) in [6.07, 6.45) is 9.32. The van der Waals surface area contributed by atoms with Crippen molar-refractivity contribution in [3.8, 4) is 0 Å². The number of aliphatic imine (C=N–C) groups is 2. The summed E-state index contributed by atoms with van der Waals surface area (Å²) in [4.78, 5) is 9.09. The summed E-state index contributed by atoms with van der Waals surface area (Å²) >= 11 is 0. The minimum absolute atomic E-state index is 0.783. The number of aryl methyl sites for hydroxylation is 2. The molecule has 0 saturated heterocycles. The van der Waals surface area contributed by atoms with Crippen LogP contribution >= 0.6 is 0 Å². The molecule has 0 fully saturated rings. The zero-order chi connectivity index (χ0) is 26.7. The van der Waals surface area contributed by atoms with Crippen LogP contribution in [0, 0.1) is 6.92 Å². The number of nitrogens with zero attached hydrogens (tertiary/aromatic N) is 2. The van der Waals surface area contributed by atoms with Gasteiger partial charge in [0.1, 0.15) is 0 Å². The van der Waals surface area contributed by atoms with Gasteiger partial charge in [0.25, 0.3) is 0 Å². The molecule has 1 heterocycles. The maximum atomic E-state index is 4.73. The van der Waals surface area contributed by atoms with E-state index >= 15 is 0 Å². The molecule has 2 aromatic carbocycles. The molecule has 3 rings (SSSR count). The fourth-order valence-corrected chi connectivity index (χ4v) is 3.73. The zero-order valence-electron chi connectivity index (χ0n) is 23.2. The Morgan fingerprint density at radius 2 is 1.64 bits per heavy atom. The second-order valence-electron chi connectivity index (χ2n) is 9.17. The molecule has 0 bridgehead atoms. The first-order valence-electron chi connectivity index (χ1n) is 12.5. The summed E-state index contributed by atoms with van der Waals surface area (Å²) in [7, 11) is 1.79. The summed E-state index contributed by atoms with van der Waals surface area (Å²) in [6.45, 7) is 18.6. The lowest BCUT2D eigenvalue weighted by molar-refractivity contribution is 1.14. The Labute approximate surface area is 218 Å². The lowest BCUT2D eigenvalue weighted by Crippen LogP contribution is -2.16. The molecule has 1 aliphatic heterocycles. The summed E-state index contributed by atoms with van der Waals surface area (Å²) in [6, 6.07) is 17.0. The largest absolute Gasteiger partial charge is 0.359 e. The van der Waals surface area contributed by atoms with E-state index in [1.165, 1.54) is 16.7 Å². The maximum absolute atomic E-state index is 4.73. The Morgan fingerprint density at radius 1 is 1.00 bits per heavy atom. The first-order valence-corrected chi connectivity index (χ1v) is 12.5. The fourth-order valence-electron chi connectivity index (χ4n) is 3.73. The van der Waals surface area contributed by atoms with Crippen molar-refractivity contribution in [1.29, 1.82) is 0 Å². The SMILES string of the molecule is C/C=C\C=C(/C)Nc1ccc(CC)cc1.C=C(C)C1=CC(c2ccc(C)cc2)=NC(=NC)C1=C(C)C. The molecule has 188 valence electrons. The summed E-state index contributed by atoms with van der Waals surface area (Å²) in [5.41, 5.74) is 11.4. The summed E-state index contributed by atoms with van der Waals surface area (Å²) in [5, 5.41) is 3.34. The predicted octanol–water partition coefficient (Wildman–Crippen LogP) is 8.81. The van der Waals surface area contributed by atoms with Gasteiger partial charge < -0.3 is 5.32 Å². The number of hydrogen-bond donors (Lipinski definition) is 1. The fraction of sp³-hybridized carbons (Fsp3) is 0.273. The number of benzene rings is 2. The van der Waals surface area contributed by atoms with Crippen molar-refractivity contribution in [2.45, 2.75) is 54.9 Å². The number of allylic oxidation sites excluding steroid dienone is 7. The Bertz CT molecular complexity index is 1220. The lowest BCUT2D eigenvalue weighted by Gasteiger charge is -2.20. The minimum Gasteiger partial charge on any atom is -0.359 e. The maximum Gasteiger partial charge on any atom is 0.155 e. The van der Waals surface area contributed by atoms with Gasteiger partial charge in [-0.05, 0) is 83.4 Å². The molecule has 0 radical (unpaired) electrons. The van der Waals surface area contributed by atoms with Gasteiger partial charge in [-0.15, -0.1) is 0 Å². The molecule has 0 atom stereocenters. The van der Waals surface area contributed by atoms with Crippen LogP contribution in [0.15, 0.2) is 117 Å². The molecule has 36 heavy (non-hydrogen) atoms. The monoisotopic (exact) mass is 479 g/mol. The van der Waals surface area contributed by atoms with E-state index < -0.39 is 0 Å². The van der Waals surface area contributed by atoms with Crippen LogP contribution in [0.2, 0.25) is 0 Å². The van der Waals surface area contributed by atoms with Crippen molar-refractivity contribution in [3.63, 3.8) is 0 Å². The van der Waals surface area contributed by atoms with Crippen molar-refractivity contribution in [1.82, 2.24) is 0 Å². The standard InChI is InChI=1S/C19H22N2.C14H19N/c1-12(2)16-11-17(15-9-7-14(5)8-10-15)21-19(20-6)18(16)13(3)4;1-4-6-7-12(3)15-14-10-8-13(5-2)9-11-14/h7-11H,1H2,2-6H3;4,6-11,15H,5H2,1-3H3/b;6-4-,12-7+. The van der Waals surface area contributed by atoms with Crippen LogP contribution in [0.4, 0.5) is 5.69 Å². The van der Waals surface area contributed by atoms with E-state index in [1.807, 2.05) is 26.0 Å². The molecular formula is C33H41N3. The van der Waals surface area contributed by atoms with Crippen LogP contribution in [0.25, 0.3) is 0 Å². The second kappa shape index (κ2) is 14.0. The van der Waals surface area contributed by atoms with E-state index in [-0.39, 0.29) is 0 Å². The van der Waals surface area contributed by atoms with Gasteiger partial charge in [0, 0.05) is 29.6 Å². The van der Waals surface area contributed by atoms with Gasteiger partial charge in [0.15, 0.2) is 5.84 Å². The van der Waals surface area contributed by atoms with Gasteiger partial charge in [-0.3, -0.25) is 4.99 Å². The van der Waals surface area contributed by atoms with E-state index in [4.69, 9.17) is 4.99 Å². The van der Waals surface area contributed by atoms with Crippen LogP contribution in [0.1, 0.15) is 58.2 Å². The van der Waals surface area contributed by atoms with E-state index in [1.54, 1.807) is 7.05 Å². The number of rotatable bonds is 6. The molecule has 1 aliphatic rings. The molecule has 0 spiro atoms. The van der Waals surface area contributed by atoms with Gasteiger partial charge >= 0.3 is 0 Å². The molecule has 1 N–H and O–H groups in total. The van der Waals surface area contributed by atoms with Gasteiger partial charge in [0.2, 0.25) is 0 Å². The van der Waals surface area contributed by atoms with Gasteiger partial charge in [-0.2, -0.15) is 0 Å². The quantitative estimate of drug-likeness (QED) is 0.413. The highest BCUT2D eigenvalue weighted by Crippen LogP contribution is 2.28. The van der Waals surface area contributed by atoms with Crippen molar-refractivity contribution in [3.05, 3.63) is 124 Å². The van der Waals surface area contributed by atoms with Crippen LogP contribution in [0.3, 0.4) is 0 Å². The molecule has 3 nitrogen and oxygen atoms in total. The molecule has 0 amide bonds. The smallest absolute Gasteiger partial charge is 0.155 e. The highest BCUT2D eigenvalue weighted by Gasteiger charge is 2.20. The lowest BCUT2D eigenvalue weighted by atomic mass is 9.90. The summed E-state index contributed by atoms with van der Waals surface area (Å²) in [5.74, 6) is 0.783. The normalized spacial score (nSPS) is 14.7. The van der Waals surface area contributed by atoms with Crippen molar-refractivity contribution in [2.24, 2.45) is 9.98 Å². The highest BCUT2D eigenvalue weighted by atomic mass is 14.9. The highest BCUT2D eigenvalue weighted by molar-refractivity contribution is 6.22. The molecular weight excluding hydrogens is 438 g/mol. The number of amidine groups is 1. The third-order valence-electron chi connectivity index (χ3n) is 5.76. The van der Waals surface area contributed by atoms with Gasteiger partial charge in [-0.1, -0.05) is 78.8 Å². The molecule has 0 aromatic heterocycles. The van der Waals surface area contributed by atoms with Gasteiger partial charge in [-0.25, -0.2) is 4.99 Å². The second-order valence-corrected chi connectivity index (χ2v) is 9.17. The molecule has 0 unspecified atom stereocenters. The topological polar surface area (TPSA) is 36.8 Å². The van der Waals surface area contributed by atoms with E-state index in [2.05, 4.69) is 112 Å². The van der Waals surface area contributed by atoms with Crippen molar-refractivity contribution in [2.75, 3.05) is 12.4 Å². The predicted molar refractivity (Wildman–Crippen MR) is 160 cm³/mol. The summed E-state index contributed by atoms with van der Waals surface area (Å²) < 4.78 is 0. The van der Waals surface area contributed by atoms with Crippen LogP contribution in [-0.2, 0) is 6.42 Å². The number of anilines is 1. The average molecular weight is 480 g/mol. The zero-order valence-corrected chi connectivity index (χ0v) is 23.2. The Morgan fingerprint density at radius 3 is 2.14 bits per heavy atom. The van der Waals surface area contributed by atoms with E-state index in [9.17, 15) is 0 Å². The van der Waals surface area contributed by atoms with E-state index in [0.29, 0.717) is 0 Å². The third kappa shape index (κ3) is 8.20. The van der Waals surface area contributed by atoms with Crippen LogP contribution in [-0.4, -0.2) is 18.6 Å². The molecule has 3 heteroatoms. The first-order chi connectivity index (χ1) is 17.2. The Hall–Kier alpha value is -3.72. The number of hydrogen-bond acceptors (Lipinski definition) is 2. The van der Waals surface area contributed by atoms with Crippen LogP contribution < -0.4 is 5.32 Å². The molecule has 2 aromatic rings. The minimum atomic E-state index is 0.783. The Kier molecular flexibility index (Phi) is 11.1. The Balaban J connectivity index is 0.000000269. The molecule has 0 aliphatic carbocycles. The van der Waals surface area contributed by atoms with E-state index in [0.717, 1.165) is 51.6 Å². The third-order valence-corrected chi connectivity index (χ3v) is 5.76. The van der Waals surface area contributed by atoms with Gasteiger partial charge in [0.05, 0.1) is 5.71 Å². The first kappa shape index (κ1) is 28.5.